The van der Waals surface area contributed by atoms with Crippen LogP contribution < -0.4 is 5.73 Å². The molecule has 0 spiro atoms. The molecule has 0 aromatic rings. The molecule has 0 unspecified atom stereocenters. The molecule has 0 rings (SSSR count). The Morgan fingerprint density at radius 3 is 2.08 bits per heavy atom. The third-order valence-corrected chi connectivity index (χ3v) is 2.17. The smallest absolute Gasteiger partial charge is 0.00596 e. The van der Waals surface area contributed by atoms with E-state index in [0.29, 0.717) is 5.92 Å². The van der Waals surface area contributed by atoms with Gasteiger partial charge in [-0.05, 0) is 36.6 Å². The monoisotopic (exact) mass is 167 g/mol. The molecule has 0 aliphatic carbocycles. The molecular formula is C11H21N. The zero-order chi connectivity index (χ0) is 9.56. The van der Waals surface area contributed by atoms with Crippen molar-refractivity contribution < 1.29 is 0 Å². The minimum absolute atomic E-state index is 0.640. The average Bonchev–Trinajstić information content (AvgIpc) is 2.03. The lowest BCUT2D eigenvalue weighted by Gasteiger charge is -2.13. The summed E-state index contributed by atoms with van der Waals surface area (Å²) in [4.78, 5) is 0. The number of allylic oxidation sites excluding steroid dienone is 3. The summed E-state index contributed by atoms with van der Waals surface area (Å²) >= 11 is 0. The molecule has 0 fully saturated rings. The first-order chi connectivity index (χ1) is 5.67. The van der Waals surface area contributed by atoms with Gasteiger partial charge in [-0.1, -0.05) is 33.3 Å². The van der Waals surface area contributed by atoms with Gasteiger partial charge >= 0.3 is 0 Å². The second kappa shape index (κ2) is 5.87. The van der Waals surface area contributed by atoms with Crippen LogP contribution in [0.15, 0.2) is 23.4 Å². The summed E-state index contributed by atoms with van der Waals surface area (Å²) in [5.74, 6) is 0.640. The normalized spacial score (nSPS) is 14.1. The molecule has 0 atom stereocenters. The van der Waals surface area contributed by atoms with Crippen molar-refractivity contribution in [3.05, 3.63) is 23.4 Å². The highest BCUT2D eigenvalue weighted by molar-refractivity contribution is 5.26. The number of hydrogen-bond donors (Lipinski definition) is 1. The van der Waals surface area contributed by atoms with E-state index in [-0.39, 0.29) is 0 Å². The maximum absolute atomic E-state index is 5.38. The van der Waals surface area contributed by atoms with E-state index >= 15 is 0 Å². The highest BCUT2D eigenvalue weighted by atomic mass is 14.5. The van der Waals surface area contributed by atoms with E-state index in [9.17, 15) is 0 Å². The van der Waals surface area contributed by atoms with E-state index in [1.54, 1.807) is 6.20 Å². The third-order valence-electron chi connectivity index (χ3n) is 2.17. The van der Waals surface area contributed by atoms with E-state index < -0.39 is 0 Å². The molecule has 0 aliphatic rings. The topological polar surface area (TPSA) is 26.0 Å². The first kappa shape index (κ1) is 11.3. The molecule has 1 nitrogen and oxygen atoms in total. The van der Waals surface area contributed by atoms with E-state index in [0.717, 1.165) is 12.8 Å². The molecule has 0 saturated carbocycles. The first-order valence-corrected chi connectivity index (χ1v) is 4.77. The van der Waals surface area contributed by atoms with Crippen LogP contribution in [0.4, 0.5) is 0 Å². The lowest BCUT2D eigenvalue weighted by atomic mass is 9.93. The Morgan fingerprint density at radius 2 is 1.83 bits per heavy atom. The fraction of sp³-hybridized carbons (Fsp3) is 0.636. The number of nitrogens with two attached hydrogens (primary N) is 1. The van der Waals surface area contributed by atoms with Crippen LogP contribution in [0.2, 0.25) is 0 Å². The predicted molar refractivity (Wildman–Crippen MR) is 55.8 cm³/mol. The van der Waals surface area contributed by atoms with E-state index in [2.05, 4.69) is 27.7 Å². The van der Waals surface area contributed by atoms with Gasteiger partial charge in [0.05, 0.1) is 0 Å². The zero-order valence-corrected chi connectivity index (χ0v) is 8.72. The molecule has 1 heteroatoms. The van der Waals surface area contributed by atoms with Crippen LogP contribution in [-0.2, 0) is 0 Å². The quantitative estimate of drug-likeness (QED) is 0.639. The summed E-state index contributed by atoms with van der Waals surface area (Å²) in [6.07, 6.45) is 5.87. The standard InChI is InChI=1S/C11H21N/c1-5-10(7-8-12)11(6-2)9(3)4/h7-9H,5-6,12H2,1-4H3/b8-7-,11-10+. The molecule has 2 N–H and O–H groups in total. The summed E-state index contributed by atoms with van der Waals surface area (Å²) < 4.78 is 0. The molecule has 0 aromatic carbocycles. The Morgan fingerprint density at radius 1 is 1.25 bits per heavy atom. The second-order valence-electron chi connectivity index (χ2n) is 3.27. The SMILES string of the molecule is CCC(/C=C\N)=C(/CC)C(C)C. The molecule has 0 amide bonds. The van der Waals surface area contributed by atoms with Gasteiger partial charge in [0.2, 0.25) is 0 Å². The maximum Gasteiger partial charge on any atom is -0.00596 e. The highest BCUT2D eigenvalue weighted by Crippen LogP contribution is 2.21. The van der Waals surface area contributed by atoms with Gasteiger partial charge in [0.25, 0.3) is 0 Å². The zero-order valence-electron chi connectivity index (χ0n) is 8.72. The van der Waals surface area contributed by atoms with Crippen molar-refractivity contribution >= 4 is 0 Å². The molecule has 0 radical (unpaired) electrons. The fourth-order valence-electron chi connectivity index (χ4n) is 1.57. The van der Waals surface area contributed by atoms with Gasteiger partial charge in [0, 0.05) is 0 Å². The van der Waals surface area contributed by atoms with Gasteiger partial charge < -0.3 is 5.73 Å². The summed E-state index contributed by atoms with van der Waals surface area (Å²) in [7, 11) is 0. The molecule has 0 saturated heterocycles. The van der Waals surface area contributed by atoms with Crippen molar-refractivity contribution in [2.45, 2.75) is 40.5 Å². The Balaban J connectivity index is 4.74. The highest BCUT2D eigenvalue weighted by Gasteiger charge is 2.04. The predicted octanol–water partition coefficient (Wildman–Crippen LogP) is 3.23. The molecule has 70 valence electrons. The lowest BCUT2D eigenvalue weighted by Crippen LogP contribution is -1.97. The van der Waals surface area contributed by atoms with Crippen molar-refractivity contribution in [3.8, 4) is 0 Å². The Hall–Kier alpha value is -0.720. The van der Waals surface area contributed by atoms with Gasteiger partial charge in [0.15, 0.2) is 0 Å². The number of hydrogen-bond acceptors (Lipinski definition) is 1. The van der Waals surface area contributed by atoms with Crippen LogP contribution in [0.25, 0.3) is 0 Å². The van der Waals surface area contributed by atoms with Crippen molar-refractivity contribution in [2.24, 2.45) is 11.7 Å². The van der Waals surface area contributed by atoms with Gasteiger partial charge in [-0.15, -0.1) is 0 Å². The van der Waals surface area contributed by atoms with Crippen molar-refractivity contribution in [3.63, 3.8) is 0 Å². The van der Waals surface area contributed by atoms with Crippen molar-refractivity contribution in [1.82, 2.24) is 0 Å². The molecular weight excluding hydrogens is 146 g/mol. The molecule has 0 bridgehead atoms. The maximum atomic E-state index is 5.38. The first-order valence-electron chi connectivity index (χ1n) is 4.77. The summed E-state index contributed by atoms with van der Waals surface area (Å²) in [5.41, 5.74) is 8.31. The summed E-state index contributed by atoms with van der Waals surface area (Å²) in [6.45, 7) is 8.85. The minimum Gasteiger partial charge on any atom is -0.405 e. The second-order valence-corrected chi connectivity index (χ2v) is 3.27. The molecule has 0 aromatic heterocycles. The number of rotatable bonds is 4. The largest absolute Gasteiger partial charge is 0.405 e. The lowest BCUT2D eigenvalue weighted by molar-refractivity contribution is 0.716. The van der Waals surface area contributed by atoms with E-state index in [1.165, 1.54) is 11.1 Å². The van der Waals surface area contributed by atoms with Gasteiger partial charge in [-0.2, -0.15) is 0 Å². The minimum atomic E-state index is 0.640. The van der Waals surface area contributed by atoms with Crippen molar-refractivity contribution in [1.29, 1.82) is 0 Å². The summed E-state index contributed by atoms with van der Waals surface area (Å²) in [5, 5.41) is 0. The Bertz CT molecular complexity index is 175. The van der Waals surface area contributed by atoms with E-state index in [4.69, 9.17) is 5.73 Å². The summed E-state index contributed by atoms with van der Waals surface area (Å²) in [6, 6.07) is 0. The van der Waals surface area contributed by atoms with Crippen LogP contribution in [0.5, 0.6) is 0 Å². The molecule has 12 heavy (non-hydrogen) atoms. The van der Waals surface area contributed by atoms with Crippen LogP contribution in [-0.4, -0.2) is 0 Å². The van der Waals surface area contributed by atoms with Crippen LogP contribution in [0, 0.1) is 5.92 Å². The van der Waals surface area contributed by atoms with E-state index in [1.807, 2.05) is 6.08 Å². The van der Waals surface area contributed by atoms with Crippen LogP contribution in [0.1, 0.15) is 40.5 Å². The van der Waals surface area contributed by atoms with Gasteiger partial charge in [-0.3, -0.25) is 0 Å². The van der Waals surface area contributed by atoms with Gasteiger partial charge in [-0.25, -0.2) is 0 Å². The van der Waals surface area contributed by atoms with Crippen LogP contribution in [0.3, 0.4) is 0 Å². The van der Waals surface area contributed by atoms with Crippen LogP contribution >= 0.6 is 0 Å². The average molecular weight is 167 g/mol. The van der Waals surface area contributed by atoms with Gasteiger partial charge in [0.1, 0.15) is 0 Å². The Labute approximate surface area is 76.3 Å². The fourth-order valence-corrected chi connectivity index (χ4v) is 1.57. The third kappa shape index (κ3) is 3.12. The Kier molecular flexibility index (Phi) is 5.52. The van der Waals surface area contributed by atoms with Crippen molar-refractivity contribution in [2.75, 3.05) is 0 Å². The molecule has 0 heterocycles. The molecule has 0 aliphatic heterocycles.